The normalized spacial score (nSPS) is 11.4. The van der Waals surface area contributed by atoms with E-state index in [2.05, 4.69) is 10.6 Å². The summed E-state index contributed by atoms with van der Waals surface area (Å²) >= 11 is 4.76. The quantitative estimate of drug-likeness (QED) is 0.290. The highest BCUT2D eigenvalue weighted by atomic mass is 32.4. The monoisotopic (exact) mass is 368 g/mol. The van der Waals surface area contributed by atoms with Gasteiger partial charge in [-0.3, -0.25) is 9.59 Å². The van der Waals surface area contributed by atoms with Crippen molar-refractivity contribution in [2.45, 2.75) is 38.7 Å². The van der Waals surface area contributed by atoms with E-state index in [9.17, 15) is 9.59 Å². The second kappa shape index (κ2) is 13.0. The molecular formula is C12H25N2O5PSSi. The number of rotatable bonds is 13. The fourth-order valence-corrected chi connectivity index (χ4v) is 5.29. The van der Waals surface area contributed by atoms with Crippen molar-refractivity contribution in [1.82, 2.24) is 10.6 Å². The summed E-state index contributed by atoms with van der Waals surface area (Å²) in [7, 11) is 0.711. The molecule has 0 aromatic rings. The Labute approximate surface area is 139 Å². The minimum absolute atomic E-state index is 0.0972. The fourth-order valence-electron chi connectivity index (χ4n) is 1.67. The number of hydrogen-bond donors (Lipinski definition) is 2. The SMILES string of the molecule is CCCNC(=O)CCC(=O)NCCC[Si](OC)(OC)OP=S. The molecule has 0 heterocycles. The van der Waals surface area contributed by atoms with Gasteiger partial charge in [-0.2, -0.15) is 0 Å². The summed E-state index contributed by atoms with van der Waals surface area (Å²) in [6, 6.07) is 0.570. The van der Waals surface area contributed by atoms with Gasteiger partial charge in [-0.05, 0) is 24.6 Å². The molecule has 0 aliphatic rings. The van der Waals surface area contributed by atoms with E-state index in [1.807, 2.05) is 6.92 Å². The van der Waals surface area contributed by atoms with Crippen LogP contribution in [0.3, 0.4) is 0 Å². The first kappa shape index (κ1) is 21.6. The Morgan fingerprint density at radius 2 is 1.64 bits per heavy atom. The van der Waals surface area contributed by atoms with Gasteiger partial charge in [-0.1, -0.05) is 6.92 Å². The second-order valence-corrected chi connectivity index (χ2v) is 8.57. The minimum Gasteiger partial charge on any atom is -0.376 e. The van der Waals surface area contributed by atoms with Crippen LogP contribution >= 0.6 is 7.58 Å². The van der Waals surface area contributed by atoms with Crippen LogP contribution in [0.5, 0.6) is 0 Å². The lowest BCUT2D eigenvalue weighted by atomic mass is 10.2. The molecule has 0 aromatic carbocycles. The molecule has 0 fully saturated rings. The van der Waals surface area contributed by atoms with Crippen molar-refractivity contribution in [3.05, 3.63) is 0 Å². The molecule has 22 heavy (non-hydrogen) atoms. The maximum Gasteiger partial charge on any atom is 0.509 e. The van der Waals surface area contributed by atoms with Crippen LogP contribution in [0, 0.1) is 0 Å². The number of nitrogens with one attached hydrogen (secondary N) is 2. The Morgan fingerprint density at radius 1 is 1.09 bits per heavy atom. The van der Waals surface area contributed by atoms with E-state index in [4.69, 9.17) is 24.9 Å². The van der Waals surface area contributed by atoms with E-state index < -0.39 is 8.80 Å². The average molecular weight is 368 g/mol. The third-order valence-electron chi connectivity index (χ3n) is 2.93. The number of carbonyl (C=O) groups is 2. The third-order valence-corrected chi connectivity index (χ3v) is 7.22. The van der Waals surface area contributed by atoms with Gasteiger partial charge in [-0.15, -0.1) is 0 Å². The van der Waals surface area contributed by atoms with Crippen LogP contribution in [0.1, 0.15) is 32.6 Å². The minimum atomic E-state index is -2.70. The van der Waals surface area contributed by atoms with Crippen molar-refractivity contribution in [3.8, 4) is 0 Å². The lowest BCUT2D eigenvalue weighted by Crippen LogP contribution is -2.42. The predicted molar refractivity (Wildman–Crippen MR) is 90.1 cm³/mol. The van der Waals surface area contributed by atoms with Crippen LogP contribution in [-0.4, -0.2) is 47.9 Å². The molecule has 0 aromatic heterocycles. The molecule has 0 aliphatic carbocycles. The molecule has 0 radical (unpaired) electrons. The van der Waals surface area contributed by atoms with E-state index in [1.54, 1.807) is 0 Å². The molecule has 0 unspecified atom stereocenters. The van der Waals surface area contributed by atoms with Gasteiger partial charge in [0.15, 0.2) is 0 Å². The van der Waals surface area contributed by atoms with Crippen molar-refractivity contribution in [3.63, 3.8) is 0 Å². The molecular weight excluding hydrogens is 343 g/mol. The summed E-state index contributed by atoms with van der Waals surface area (Å²) in [5, 5.41) is 5.50. The topological polar surface area (TPSA) is 85.9 Å². The Bertz CT molecular complexity index is 358. The summed E-state index contributed by atoms with van der Waals surface area (Å²) in [6.07, 6.45) is 1.94. The highest BCUT2D eigenvalue weighted by Crippen LogP contribution is 2.20. The first-order valence-corrected chi connectivity index (χ1v) is 10.9. The molecule has 2 amide bonds. The van der Waals surface area contributed by atoms with Crippen LogP contribution in [0.15, 0.2) is 0 Å². The van der Waals surface area contributed by atoms with Crippen LogP contribution in [0.4, 0.5) is 0 Å². The summed E-state index contributed by atoms with van der Waals surface area (Å²) in [5.41, 5.74) is 0. The molecule has 10 heteroatoms. The summed E-state index contributed by atoms with van der Waals surface area (Å²) in [5.74, 6) is -0.240. The zero-order valence-corrected chi connectivity index (χ0v) is 16.1. The maximum absolute atomic E-state index is 11.6. The molecule has 0 spiro atoms. The molecule has 0 saturated heterocycles. The van der Waals surface area contributed by atoms with Crippen molar-refractivity contribution < 1.29 is 22.7 Å². The Hall–Kier alpha value is -0.443. The Kier molecular flexibility index (Phi) is 12.8. The zero-order valence-electron chi connectivity index (χ0n) is 13.3. The molecule has 0 rings (SSSR count). The summed E-state index contributed by atoms with van der Waals surface area (Å²) in [4.78, 5) is 23.0. The average Bonchev–Trinajstić information content (AvgIpc) is 2.53. The number of carbonyl (C=O) groups excluding carboxylic acids is 2. The van der Waals surface area contributed by atoms with Gasteiger partial charge in [0, 0.05) is 46.2 Å². The van der Waals surface area contributed by atoms with Crippen molar-refractivity contribution >= 4 is 40.0 Å². The van der Waals surface area contributed by atoms with Crippen molar-refractivity contribution in [1.29, 1.82) is 0 Å². The van der Waals surface area contributed by atoms with Gasteiger partial charge in [0.2, 0.25) is 11.8 Å². The lowest BCUT2D eigenvalue weighted by Gasteiger charge is -2.23. The van der Waals surface area contributed by atoms with Gasteiger partial charge in [0.1, 0.15) is 7.58 Å². The van der Waals surface area contributed by atoms with Crippen LogP contribution in [-0.2, 0) is 34.5 Å². The van der Waals surface area contributed by atoms with Gasteiger partial charge in [-0.25, -0.2) is 0 Å². The molecule has 7 nitrogen and oxygen atoms in total. The molecule has 0 atom stereocenters. The largest absolute Gasteiger partial charge is 0.509 e. The van der Waals surface area contributed by atoms with E-state index in [0.29, 0.717) is 33.1 Å². The third kappa shape index (κ3) is 9.55. The highest BCUT2D eigenvalue weighted by Gasteiger charge is 2.38. The summed E-state index contributed by atoms with van der Waals surface area (Å²) in [6.45, 7) is 3.10. The number of amides is 2. The van der Waals surface area contributed by atoms with Crippen LogP contribution in [0.25, 0.3) is 0 Å². The van der Waals surface area contributed by atoms with Gasteiger partial charge >= 0.3 is 8.80 Å². The molecule has 0 bridgehead atoms. The lowest BCUT2D eigenvalue weighted by molar-refractivity contribution is -0.126. The van der Waals surface area contributed by atoms with Crippen LogP contribution < -0.4 is 10.6 Å². The summed E-state index contributed by atoms with van der Waals surface area (Å²) < 4.78 is 16.0. The molecule has 0 aliphatic heterocycles. The smallest absolute Gasteiger partial charge is 0.376 e. The standard InChI is InChI=1S/C12H25N2O5PSSi/c1-4-8-13-11(15)6-7-12(16)14-9-5-10-22(17-2,18-3)19-20-21/h4-10H2,1-3H3,(H,13,15)(H,14,16). The Balaban J connectivity index is 3.87. The maximum atomic E-state index is 11.6. The molecule has 0 saturated carbocycles. The van der Waals surface area contributed by atoms with Crippen molar-refractivity contribution in [2.75, 3.05) is 27.3 Å². The fraction of sp³-hybridized carbons (Fsp3) is 0.833. The predicted octanol–water partition coefficient (Wildman–Crippen LogP) is 1.37. The van der Waals surface area contributed by atoms with Crippen molar-refractivity contribution in [2.24, 2.45) is 0 Å². The molecule has 2 N–H and O–H groups in total. The Morgan fingerprint density at radius 3 is 2.09 bits per heavy atom. The van der Waals surface area contributed by atoms with E-state index in [-0.39, 0.29) is 24.7 Å². The first-order valence-electron chi connectivity index (χ1n) is 7.18. The number of hydrogen-bond acceptors (Lipinski definition) is 6. The zero-order chi connectivity index (χ0) is 16.8. The van der Waals surface area contributed by atoms with E-state index in [0.717, 1.165) is 6.42 Å². The second-order valence-electron chi connectivity index (χ2n) is 4.56. The van der Waals surface area contributed by atoms with Crippen LogP contribution in [0.2, 0.25) is 6.04 Å². The van der Waals surface area contributed by atoms with E-state index in [1.165, 1.54) is 14.2 Å². The van der Waals surface area contributed by atoms with Gasteiger partial charge in [0.05, 0.1) is 0 Å². The highest BCUT2D eigenvalue weighted by molar-refractivity contribution is 7.94. The first-order chi connectivity index (χ1) is 10.5. The molecule has 128 valence electrons. The van der Waals surface area contributed by atoms with Gasteiger partial charge < -0.3 is 23.7 Å². The van der Waals surface area contributed by atoms with E-state index >= 15 is 0 Å². The van der Waals surface area contributed by atoms with Gasteiger partial charge in [0.25, 0.3) is 0 Å².